The Morgan fingerprint density at radius 2 is 1.72 bits per heavy atom. The fourth-order valence-electron chi connectivity index (χ4n) is 3.54. The van der Waals surface area contributed by atoms with Gasteiger partial charge in [0.15, 0.2) is 0 Å². The summed E-state index contributed by atoms with van der Waals surface area (Å²) in [7, 11) is 0. The monoisotopic (exact) mass is 493 g/mol. The molecule has 0 radical (unpaired) electrons. The lowest BCUT2D eigenvalue weighted by atomic mass is 10.00. The second kappa shape index (κ2) is 10.1. The van der Waals surface area contributed by atoms with Crippen molar-refractivity contribution in [1.29, 1.82) is 0 Å². The maximum absolute atomic E-state index is 4.72. The first-order valence-electron chi connectivity index (χ1n) is 10.9. The van der Waals surface area contributed by atoms with Gasteiger partial charge in [0.25, 0.3) is 0 Å². The minimum atomic E-state index is 0.412. The van der Waals surface area contributed by atoms with Gasteiger partial charge < -0.3 is 10.2 Å². The van der Waals surface area contributed by atoms with Crippen molar-refractivity contribution in [3.63, 3.8) is 0 Å². The largest absolute Gasteiger partial charge is 0.341 e. The maximum atomic E-state index is 4.72. The van der Waals surface area contributed by atoms with Gasteiger partial charge in [-0.2, -0.15) is 20.1 Å². The zero-order valence-electron chi connectivity index (χ0n) is 18.6. The van der Waals surface area contributed by atoms with E-state index < -0.39 is 0 Å². The third-order valence-corrected chi connectivity index (χ3v) is 6.32. The summed E-state index contributed by atoms with van der Waals surface area (Å²) in [5.74, 6) is 2.31. The molecule has 0 amide bonds. The third-order valence-electron chi connectivity index (χ3n) is 5.79. The molecule has 2 aromatic carbocycles. The summed E-state index contributed by atoms with van der Waals surface area (Å²) < 4.78 is 1.03. The Kier molecular flexibility index (Phi) is 6.99. The van der Waals surface area contributed by atoms with Gasteiger partial charge in [-0.1, -0.05) is 47.1 Å². The molecule has 0 unspecified atom stereocenters. The van der Waals surface area contributed by atoms with Crippen molar-refractivity contribution in [3.8, 4) is 0 Å². The summed E-state index contributed by atoms with van der Waals surface area (Å²) in [6.07, 6.45) is 4.02. The molecule has 2 heterocycles. The molecule has 4 rings (SSSR count). The van der Waals surface area contributed by atoms with Gasteiger partial charge in [-0.25, -0.2) is 5.43 Å². The molecule has 1 fully saturated rings. The highest BCUT2D eigenvalue weighted by atomic mass is 79.9. The van der Waals surface area contributed by atoms with E-state index >= 15 is 0 Å². The van der Waals surface area contributed by atoms with Gasteiger partial charge in [-0.15, -0.1) is 0 Å². The number of hydrazone groups is 1. The van der Waals surface area contributed by atoms with Crippen LogP contribution in [0.1, 0.15) is 36.5 Å². The van der Waals surface area contributed by atoms with Crippen LogP contribution in [0, 0.1) is 19.8 Å². The molecule has 1 aliphatic heterocycles. The molecule has 32 heavy (non-hydrogen) atoms. The van der Waals surface area contributed by atoms with Gasteiger partial charge in [0.2, 0.25) is 17.8 Å². The van der Waals surface area contributed by atoms with Crippen LogP contribution in [0.5, 0.6) is 0 Å². The summed E-state index contributed by atoms with van der Waals surface area (Å²) in [5, 5.41) is 7.70. The molecule has 2 N–H and O–H groups in total. The van der Waals surface area contributed by atoms with Crippen molar-refractivity contribution in [2.45, 2.75) is 33.6 Å². The van der Waals surface area contributed by atoms with E-state index in [9.17, 15) is 0 Å². The summed E-state index contributed by atoms with van der Waals surface area (Å²) >= 11 is 3.45. The van der Waals surface area contributed by atoms with Crippen LogP contribution in [0.2, 0.25) is 0 Å². The Labute approximate surface area is 197 Å². The third kappa shape index (κ3) is 5.62. The lowest BCUT2D eigenvalue weighted by molar-refractivity contribution is 0.434. The van der Waals surface area contributed by atoms with Crippen molar-refractivity contribution < 1.29 is 0 Å². The lowest BCUT2D eigenvalue weighted by Gasteiger charge is -2.30. The Balaban J connectivity index is 1.59. The van der Waals surface area contributed by atoms with E-state index in [0.717, 1.165) is 47.6 Å². The van der Waals surface area contributed by atoms with Crippen LogP contribution in [-0.4, -0.2) is 34.3 Å². The van der Waals surface area contributed by atoms with Gasteiger partial charge >= 0.3 is 0 Å². The Morgan fingerprint density at radius 1 is 1.00 bits per heavy atom. The number of nitrogens with zero attached hydrogens (tertiary/aromatic N) is 5. The fourth-order valence-corrected chi connectivity index (χ4v) is 3.81. The first kappa shape index (κ1) is 22.2. The van der Waals surface area contributed by atoms with E-state index in [1.165, 1.54) is 11.1 Å². The Hall–Kier alpha value is -3.00. The molecule has 7 nitrogen and oxygen atoms in total. The smallest absolute Gasteiger partial charge is 0.250 e. The molecule has 0 bridgehead atoms. The van der Waals surface area contributed by atoms with E-state index in [0.29, 0.717) is 17.8 Å². The number of hydrogen-bond acceptors (Lipinski definition) is 7. The molecule has 1 aromatic heterocycles. The van der Waals surface area contributed by atoms with Crippen LogP contribution in [0.15, 0.2) is 52.0 Å². The highest BCUT2D eigenvalue weighted by molar-refractivity contribution is 9.10. The van der Waals surface area contributed by atoms with Crippen LogP contribution in [0.3, 0.4) is 0 Å². The van der Waals surface area contributed by atoms with E-state index in [1.54, 1.807) is 6.21 Å². The minimum absolute atomic E-state index is 0.412. The number of rotatable bonds is 6. The van der Waals surface area contributed by atoms with E-state index in [-0.39, 0.29) is 0 Å². The average molecular weight is 494 g/mol. The molecule has 0 spiro atoms. The van der Waals surface area contributed by atoms with Crippen LogP contribution in [0.4, 0.5) is 23.5 Å². The van der Waals surface area contributed by atoms with E-state index in [1.807, 2.05) is 36.4 Å². The highest BCUT2D eigenvalue weighted by Gasteiger charge is 2.20. The number of aryl methyl sites for hydroxylation is 1. The number of halogens is 1. The van der Waals surface area contributed by atoms with E-state index in [2.05, 4.69) is 73.5 Å². The Bertz CT molecular complexity index is 1090. The predicted molar refractivity (Wildman–Crippen MR) is 135 cm³/mol. The quantitative estimate of drug-likeness (QED) is 0.339. The number of aromatic nitrogens is 3. The minimum Gasteiger partial charge on any atom is -0.341 e. The molecule has 0 atom stereocenters. The number of nitrogens with one attached hydrogen (secondary N) is 2. The van der Waals surface area contributed by atoms with Crippen LogP contribution in [-0.2, 0) is 0 Å². The summed E-state index contributed by atoms with van der Waals surface area (Å²) in [5.41, 5.74) is 7.33. The SMILES string of the molecule is Cc1cccc(Nc2nc(N/N=C\c3ccc(Br)cc3)nc(N3CCC(C)CC3)n2)c1C. The molecule has 166 valence electrons. The number of piperidine rings is 1. The van der Waals surface area contributed by atoms with Gasteiger partial charge in [-0.05, 0) is 67.5 Å². The lowest BCUT2D eigenvalue weighted by Crippen LogP contribution is -2.34. The Morgan fingerprint density at radius 3 is 2.47 bits per heavy atom. The molecule has 8 heteroatoms. The molecule has 0 aliphatic carbocycles. The van der Waals surface area contributed by atoms with E-state index in [4.69, 9.17) is 4.98 Å². The van der Waals surface area contributed by atoms with Crippen molar-refractivity contribution >= 4 is 45.7 Å². The van der Waals surface area contributed by atoms with Crippen molar-refractivity contribution in [3.05, 3.63) is 63.6 Å². The van der Waals surface area contributed by atoms with Crippen LogP contribution in [0.25, 0.3) is 0 Å². The van der Waals surface area contributed by atoms with Crippen molar-refractivity contribution in [2.75, 3.05) is 28.7 Å². The zero-order chi connectivity index (χ0) is 22.5. The van der Waals surface area contributed by atoms with Gasteiger partial charge in [0.1, 0.15) is 0 Å². The van der Waals surface area contributed by atoms with Gasteiger partial charge in [-0.3, -0.25) is 0 Å². The molecule has 3 aromatic rings. The number of anilines is 4. The normalized spacial score (nSPS) is 14.7. The molecular weight excluding hydrogens is 466 g/mol. The molecular formula is C24H28BrN7. The highest BCUT2D eigenvalue weighted by Crippen LogP contribution is 2.25. The summed E-state index contributed by atoms with van der Waals surface area (Å²) in [6, 6.07) is 14.1. The summed E-state index contributed by atoms with van der Waals surface area (Å²) in [4.78, 5) is 16.1. The first-order valence-corrected chi connectivity index (χ1v) is 11.7. The number of hydrogen-bond donors (Lipinski definition) is 2. The average Bonchev–Trinajstić information content (AvgIpc) is 2.79. The van der Waals surface area contributed by atoms with Crippen LogP contribution >= 0.6 is 15.9 Å². The van der Waals surface area contributed by atoms with Crippen LogP contribution < -0.4 is 15.6 Å². The topological polar surface area (TPSA) is 78.3 Å². The second-order valence-corrected chi connectivity index (χ2v) is 9.16. The van der Waals surface area contributed by atoms with Gasteiger partial charge in [0.05, 0.1) is 6.21 Å². The van der Waals surface area contributed by atoms with Gasteiger partial charge in [0, 0.05) is 23.2 Å². The first-order chi connectivity index (χ1) is 15.5. The van der Waals surface area contributed by atoms with Crippen molar-refractivity contribution in [2.24, 2.45) is 11.0 Å². The van der Waals surface area contributed by atoms with Crippen molar-refractivity contribution in [1.82, 2.24) is 15.0 Å². The number of benzene rings is 2. The fraction of sp³-hybridized carbons (Fsp3) is 0.333. The molecule has 1 saturated heterocycles. The summed E-state index contributed by atoms with van der Waals surface area (Å²) in [6.45, 7) is 8.36. The zero-order valence-corrected chi connectivity index (χ0v) is 20.2. The predicted octanol–water partition coefficient (Wildman–Crippen LogP) is 5.68. The molecule has 0 saturated carbocycles. The molecule has 1 aliphatic rings. The second-order valence-electron chi connectivity index (χ2n) is 8.25. The standard InChI is InChI=1S/C24H28BrN7/c1-16-11-13-32(14-12-16)24-29-22(27-21-6-4-5-17(2)18(21)3)28-23(30-24)31-26-15-19-7-9-20(25)10-8-19/h4-10,15-16H,11-14H2,1-3H3,(H2,27,28,29,30,31)/b26-15-. The maximum Gasteiger partial charge on any atom is 0.250 e.